The highest BCUT2D eigenvalue weighted by Gasteiger charge is 2.15. The Hall–Kier alpha value is -3.23. The van der Waals surface area contributed by atoms with E-state index in [0.29, 0.717) is 17.2 Å². The van der Waals surface area contributed by atoms with E-state index in [1.54, 1.807) is 24.3 Å². The van der Waals surface area contributed by atoms with Crippen LogP contribution in [0, 0.1) is 6.92 Å². The average Bonchev–Trinajstić information content (AvgIpc) is 3.14. The number of nitrogens with zero attached hydrogens (tertiary/aromatic N) is 2. The van der Waals surface area contributed by atoms with E-state index in [2.05, 4.69) is 49.3 Å². The number of H-pyrrole nitrogens is 1. The van der Waals surface area contributed by atoms with Crippen molar-refractivity contribution in [2.75, 3.05) is 12.4 Å². The number of benzene rings is 2. The third-order valence-corrected chi connectivity index (χ3v) is 5.92. The van der Waals surface area contributed by atoms with Crippen molar-refractivity contribution in [2.45, 2.75) is 11.8 Å². The fraction of sp³-hybridized carbons (Fsp3) is 0.100. The van der Waals surface area contributed by atoms with Crippen molar-refractivity contribution in [3.8, 4) is 11.1 Å². The van der Waals surface area contributed by atoms with Crippen LogP contribution in [0.15, 0.2) is 66.0 Å². The van der Waals surface area contributed by atoms with Crippen molar-refractivity contribution in [3.63, 3.8) is 0 Å². The van der Waals surface area contributed by atoms with Gasteiger partial charge in [0.05, 0.1) is 10.3 Å². The van der Waals surface area contributed by atoms with Crippen LogP contribution in [0.1, 0.15) is 5.56 Å². The molecule has 0 aliphatic carbocycles. The molecular formula is C20H19N5O2S. The van der Waals surface area contributed by atoms with Crippen molar-refractivity contribution in [1.82, 2.24) is 19.7 Å². The smallest absolute Gasteiger partial charge is 0.240 e. The highest BCUT2D eigenvalue weighted by molar-refractivity contribution is 7.89. The molecule has 3 N–H and O–H groups in total. The molecule has 2 heterocycles. The molecule has 0 aliphatic heterocycles. The molecule has 0 saturated carbocycles. The fourth-order valence-electron chi connectivity index (χ4n) is 3.01. The maximum absolute atomic E-state index is 12.1. The number of nitrogens with one attached hydrogen (secondary N) is 3. The summed E-state index contributed by atoms with van der Waals surface area (Å²) < 4.78 is 26.5. The van der Waals surface area contributed by atoms with Gasteiger partial charge in [-0.2, -0.15) is 0 Å². The van der Waals surface area contributed by atoms with E-state index in [0.717, 1.165) is 16.5 Å². The van der Waals surface area contributed by atoms with Crippen molar-refractivity contribution in [3.05, 3.63) is 66.6 Å². The van der Waals surface area contributed by atoms with Crippen LogP contribution in [0.4, 0.5) is 11.5 Å². The SMILES string of the molecule is CNS(=O)(=O)c1cccc(Nc2ncnc3[nH]cc(-c4ccc(C)cc4)c23)c1. The highest BCUT2D eigenvalue weighted by Crippen LogP contribution is 2.33. The van der Waals surface area contributed by atoms with E-state index >= 15 is 0 Å². The van der Waals surface area contributed by atoms with Crippen molar-refractivity contribution in [1.29, 1.82) is 0 Å². The minimum atomic E-state index is -3.53. The summed E-state index contributed by atoms with van der Waals surface area (Å²) in [4.78, 5) is 12.0. The molecule has 2 aromatic heterocycles. The van der Waals surface area contributed by atoms with E-state index in [-0.39, 0.29) is 4.90 Å². The van der Waals surface area contributed by atoms with Gasteiger partial charge in [0.1, 0.15) is 17.8 Å². The molecule has 4 aromatic rings. The van der Waals surface area contributed by atoms with E-state index in [4.69, 9.17) is 0 Å². The highest BCUT2D eigenvalue weighted by atomic mass is 32.2. The first-order valence-electron chi connectivity index (χ1n) is 8.68. The van der Waals surface area contributed by atoms with Crippen molar-refractivity contribution < 1.29 is 8.42 Å². The van der Waals surface area contributed by atoms with Crippen LogP contribution < -0.4 is 10.0 Å². The predicted octanol–water partition coefficient (Wildman–Crippen LogP) is 3.59. The second-order valence-corrected chi connectivity index (χ2v) is 8.26. The lowest BCUT2D eigenvalue weighted by Gasteiger charge is -2.10. The molecule has 4 rings (SSSR count). The topological polar surface area (TPSA) is 99.8 Å². The number of rotatable bonds is 5. The van der Waals surface area contributed by atoms with Crippen LogP contribution >= 0.6 is 0 Å². The van der Waals surface area contributed by atoms with Crippen LogP contribution in [-0.2, 0) is 10.0 Å². The maximum Gasteiger partial charge on any atom is 0.240 e. The lowest BCUT2D eigenvalue weighted by molar-refractivity contribution is 0.588. The second-order valence-electron chi connectivity index (χ2n) is 6.37. The Morgan fingerprint density at radius 1 is 1.04 bits per heavy atom. The molecule has 0 unspecified atom stereocenters. The van der Waals surface area contributed by atoms with E-state index < -0.39 is 10.0 Å². The van der Waals surface area contributed by atoms with Gasteiger partial charge < -0.3 is 10.3 Å². The average molecular weight is 393 g/mol. The quantitative estimate of drug-likeness (QED) is 0.481. The van der Waals surface area contributed by atoms with E-state index in [1.807, 2.05) is 13.1 Å². The maximum atomic E-state index is 12.1. The van der Waals surface area contributed by atoms with E-state index in [9.17, 15) is 8.42 Å². The summed E-state index contributed by atoms with van der Waals surface area (Å²) in [6.07, 6.45) is 3.37. The summed E-state index contributed by atoms with van der Waals surface area (Å²) in [6.45, 7) is 2.04. The molecular weight excluding hydrogens is 374 g/mol. The number of aromatic amines is 1. The van der Waals surface area contributed by atoms with Gasteiger partial charge in [-0.1, -0.05) is 35.9 Å². The van der Waals surface area contributed by atoms with Crippen LogP contribution in [0.5, 0.6) is 0 Å². The van der Waals surface area contributed by atoms with Gasteiger partial charge in [0.25, 0.3) is 0 Å². The van der Waals surface area contributed by atoms with Gasteiger partial charge >= 0.3 is 0 Å². The van der Waals surface area contributed by atoms with Gasteiger partial charge in [-0.3, -0.25) is 0 Å². The molecule has 0 saturated heterocycles. The Kier molecular flexibility index (Phi) is 4.58. The molecule has 0 amide bonds. The third-order valence-electron chi connectivity index (χ3n) is 4.51. The molecule has 2 aromatic carbocycles. The second kappa shape index (κ2) is 7.06. The summed E-state index contributed by atoms with van der Waals surface area (Å²) in [7, 11) is -2.14. The monoisotopic (exact) mass is 393 g/mol. The summed E-state index contributed by atoms with van der Waals surface area (Å²) in [5.41, 5.74) is 4.51. The predicted molar refractivity (Wildman–Crippen MR) is 110 cm³/mol. The van der Waals surface area contributed by atoms with E-state index in [1.165, 1.54) is 18.9 Å². The normalized spacial score (nSPS) is 11.6. The summed E-state index contributed by atoms with van der Waals surface area (Å²) in [5, 5.41) is 4.07. The summed E-state index contributed by atoms with van der Waals surface area (Å²) in [6, 6.07) is 14.8. The number of hydrogen-bond acceptors (Lipinski definition) is 5. The fourth-order valence-corrected chi connectivity index (χ4v) is 3.79. The molecule has 0 spiro atoms. The summed E-state index contributed by atoms with van der Waals surface area (Å²) >= 11 is 0. The number of aromatic nitrogens is 3. The Morgan fingerprint density at radius 2 is 1.82 bits per heavy atom. The van der Waals surface area contributed by atoms with Gasteiger partial charge in [-0.25, -0.2) is 23.1 Å². The number of aryl methyl sites for hydroxylation is 1. The zero-order chi connectivity index (χ0) is 19.7. The van der Waals surface area contributed by atoms with Gasteiger partial charge in [-0.15, -0.1) is 0 Å². The van der Waals surface area contributed by atoms with Crippen LogP contribution in [-0.4, -0.2) is 30.4 Å². The van der Waals surface area contributed by atoms with Crippen LogP contribution in [0.2, 0.25) is 0 Å². The number of sulfonamides is 1. The summed E-state index contributed by atoms with van der Waals surface area (Å²) in [5.74, 6) is 0.598. The van der Waals surface area contributed by atoms with Crippen molar-refractivity contribution in [2.24, 2.45) is 0 Å². The molecule has 8 heteroatoms. The Bertz CT molecular complexity index is 1250. The molecule has 0 radical (unpaired) electrons. The standard InChI is InChI=1S/C20H19N5O2S/c1-13-6-8-14(9-7-13)17-11-22-19-18(17)20(24-12-23-19)25-15-4-3-5-16(10-15)28(26,27)21-2/h3-12,21H,1-2H3,(H2,22,23,24,25). The lowest BCUT2D eigenvalue weighted by Crippen LogP contribution is -2.18. The minimum Gasteiger partial charge on any atom is -0.345 e. The van der Waals surface area contributed by atoms with Crippen LogP contribution in [0.25, 0.3) is 22.2 Å². The molecule has 0 aliphatic rings. The first kappa shape index (κ1) is 18.1. The number of fused-ring (bicyclic) bond motifs is 1. The van der Waals surface area contributed by atoms with Gasteiger partial charge in [0, 0.05) is 17.4 Å². The largest absolute Gasteiger partial charge is 0.345 e. The number of hydrogen-bond donors (Lipinski definition) is 3. The molecule has 28 heavy (non-hydrogen) atoms. The van der Waals surface area contributed by atoms with Gasteiger partial charge in [0.2, 0.25) is 10.0 Å². The van der Waals surface area contributed by atoms with Gasteiger partial charge in [-0.05, 0) is 37.7 Å². The third kappa shape index (κ3) is 3.35. The Morgan fingerprint density at radius 3 is 2.57 bits per heavy atom. The molecule has 0 bridgehead atoms. The van der Waals surface area contributed by atoms with Crippen LogP contribution in [0.3, 0.4) is 0 Å². The molecule has 0 atom stereocenters. The zero-order valence-corrected chi connectivity index (χ0v) is 16.2. The minimum absolute atomic E-state index is 0.179. The Labute approximate surface area is 162 Å². The lowest BCUT2D eigenvalue weighted by atomic mass is 10.0. The molecule has 0 fully saturated rings. The zero-order valence-electron chi connectivity index (χ0n) is 15.4. The molecule has 142 valence electrons. The number of anilines is 2. The first-order chi connectivity index (χ1) is 13.5. The van der Waals surface area contributed by atoms with Gasteiger partial charge in [0.15, 0.2) is 0 Å². The molecule has 7 nitrogen and oxygen atoms in total. The van der Waals surface area contributed by atoms with Crippen molar-refractivity contribution >= 4 is 32.6 Å². The Balaban J connectivity index is 1.79. The first-order valence-corrected chi connectivity index (χ1v) is 10.2.